The molecule has 0 radical (unpaired) electrons. The molecule has 4 nitrogen and oxygen atoms in total. The van der Waals surface area contributed by atoms with Crippen molar-refractivity contribution < 1.29 is 9.84 Å². The fourth-order valence-corrected chi connectivity index (χ4v) is 2.44. The van der Waals surface area contributed by atoms with Gasteiger partial charge in [0.2, 0.25) is 0 Å². The van der Waals surface area contributed by atoms with Gasteiger partial charge in [-0.3, -0.25) is 4.90 Å². The SMILES string of the molecule is COc1ccc([C@H](N)CO)cc1CN1CCCC1. The summed E-state index contributed by atoms with van der Waals surface area (Å²) < 4.78 is 5.39. The molecule has 1 saturated heterocycles. The van der Waals surface area contributed by atoms with Crippen LogP contribution in [0.5, 0.6) is 5.75 Å². The van der Waals surface area contributed by atoms with Gasteiger partial charge in [0.05, 0.1) is 19.8 Å². The minimum absolute atomic E-state index is 0.0323. The van der Waals surface area contributed by atoms with Crippen molar-refractivity contribution in [3.63, 3.8) is 0 Å². The molecule has 1 aliphatic rings. The molecule has 0 amide bonds. The summed E-state index contributed by atoms with van der Waals surface area (Å²) in [7, 11) is 1.69. The van der Waals surface area contributed by atoms with Crippen LogP contribution in [0.1, 0.15) is 30.0 Å². The first kappa shape index (κ1) is 13.3. The lowest BCUT2D eigenvalue weighted by molar-refractivity contribution is 0.267. The monoisotopic (exact) mass is 250 g/mol. The van der Waals surface area contributed by atoms with Crippen molar-refractivity contribution in [1.29, 1.82) is 0 Å². The molecule has 0 spiro atoms. The maximum Gasteiger partial charge on any atom is 0.123 e. The minimum Gasteiger partial charge on any atom is -0.496 e. The van der Waals surface area contributed by atoms with Crippen LogP contribution in [0.15, 0.2) is 18.2 Å². The predicted octanol–water partition coefficient (Wildman–Crippen LogP) is 1.28. The Hall–Kier alpha value is -1.10. The number of aliphatic hydroxyl groups excluding tert-OH is 1. The number of aliphatic hydroxyl groups is 1. The van der Waals surface area contributed by atoms with Gasteiger partial charge >= 0.3 is 0 Å². The van der Waals surface area contributed by atoms with Gasteiger partial charge in [0.1, 0.15) is 5.75 Å². The molecule has 1 atom stereocenters. The lowest BCUT2D eigenvalue weighted by Gasteiger charge is -2.19. The highest BCUT2D eigenvalue weighted by molar-refractivity contribution is 5.38. The van der Waals surface area contributed by atoms with Crippen LogP contribution in [-0.4, -0.2) is 36.8 Å². The van der Waals surface area contributed by atoms with Crippen LogP contribution in [0.25, 0.3) is 0 Å². The smallest absolute Gasteiger partial charge is 0.123 e. The third-order valence-corrected chi connectivity index (χ3v) is 3.52. The first-order valence-corrected chi connectivity index (χ1v) is 6.50. The molecule has 3 N–H and O–H groups in total. The number of hydrogen-bond acceptors (Lipinski definition) is 4. The Kier molecular flexibility index (Phi) is 4.58. The van der Waals surface area contributed by atoms with Gasteiger partial charge < -0.3 is 15.6 Å². The van der Waals surface area contributed by atoms with E-state index in [0.29, 0.717) is 0 Å². The van der Waals surface area contributed by atoms with Gasteiger partial charge in [-0.25, -0.2) is 0 Å². The molecule has 0 aromatic heterocycles. The summed E-state index contributed by atoms with van der Waals surface area (Å²) in [5.74, 6) is 0.899. The molecule has 100 valence electrons. The summed E-state index contributed by atoms with van der Waals surface area (Å²) in [6.45, 7) is 3.17. The summed E-state index contributed by atoms with van der Waals surface area (Å²) >= 11 is 0. The van der Waals surface area contributed by atoms with E-state index in [4.69, 9.17) is 15.6 Å². The maximum absolute atomic E-state index is 9.12. The van der Waals surface area contributed by atoms with Gasteiger partial charge in [-0.2, -0.15) is 0 Å². The summed E-state index contributed by atoms with van der Waals surface area (Å²) in [4.78, 5) is 2.42. The van der Waals surface area contributed by atoms with E-state index >= 15 is 0 Å². The topological polar surface area (TPSA) is 58.7 Å². The normalized spacial score (nSPS) is 17.9. The van der Waals surface area contributed by atoms with E-state index < -0.39 is 0 Å². The summed E-state index contributed by atoms with van der Waals surface area (Å²) in [6.07, 6.45) is 2.55. The van der Waals surface area contributed by atoms with Crippen LogP contribution >= 0.6 is 0 Å². The van der Waals surface area contributed by atoms with Crippen molar-refractivity contribution in [2.45, 2.75) is 25.4 Å². The highest BCUT2D eigenvalue weighted by Crippen LogP contribution is 2.25. The lowest BCUT2D eigenvalue weighted by Crippen LogP contribution is -2.20. The van der Waals surface area contributed by atoms with Crippen LogP contribution < -0.4 is 10.5 Å². The molecule has 1 aromatic rings. The number of rotatable bonds is 5. The Morgan fingerprint density at radius 2 is 2.11 bits per heavy atom. The van der Waals surface area contributed by atoms with Gasteiger partial charge in [-0.05, 0) is 43.6 Å². The summed E-state index contributed by atoms with van der Waals surface area (Å²) in [5, 5.41) is 9.12. The van der Waals surface area contributed by atoms with E-state index in [0.717, 1.165) is 36.5 Å². The van der Waals surface area contributed by atoms with E-state index in [-0.39, 0.29) is 12.6 Å². The van der Waals surface area contributed by atoms with Gasteiger partial charge in [0, 0.05) is 12.1 Å². The molecule has 1 heterocycles. The molecule has 4 heteroatoms. The largest absolute Gasteiger partial charge is 0.496 e. The van der Waals surface area contributed by atoms with Crippen molar-refractivity contribution >= 4 is 0 Å². The van der Waals surface area contributed by atoms with E-state index in [2.05, 4.69) is 11.0 Å². The Balaban J connectivity index is 2.18. The predicted molar refractivity (Wildman–Crippen MR) is 71.5 cm³/mol. The molecule has 2 rings (SSSR count). The van der Waals surface area contributed by atoms with E-state index in [1.165, 1.54) is 12.8 Å². The van der Waals surface area contributed by atoms with Gasteiger partial charge in [-0.15, -0.1) is 0 Å². The minimum atomic E-state index is -0.312. The maximum atomic E-state index is 9.12. The zero-order valence-corrected chi connectivity index (χ0v) is 10.9. The zero-order valence-electron chi connectivity index (χ0n) is 10.9. The van der Waals surface area contributed by atoms with Gasteiger partial charge in [0.15, 0.2) is 0 Å². The molecule has 1 fully saturated rings. The highest BCUT2D eigenvalue weighted by Gasteiger charge is 2.15. The van der Waals surface area contributed by atoms with Crippen molar-refractivity contribution in [2.75, 3.05) is 26.8 Å². The van der Waals surface area contributed by atoms with Crippen LogP contribution in [0.4, 0.5) is 0 Å². The molecule has 0 bridgehead atoms. The fraction of sp³-hybridized carbons (Fsp3) is 0.571. The second kappa shape index (κ2) is 6.18. The van der Waals surface area contributed by atoms with Crippen molar-refractivity contribution in [2.24, 2.45) is 5.73 Å². The van der Waals surface area contributed by atoms with E-state index in [1.807, 2.05) is 12.1 Å². The Labute approximate surface area is 108 Å². The van der Waals surface area contributed by atoms with Gasteiger partial charge in [0.25, 0.3) is 0 Å². The summed E-state index contributed by atoms with van der Waals surface area (Å²) in [6, 6.07) is 5.61. The van der Waals surface area contributed by atoms with Crippen LogP contribution in [0.3, 0.4) is 0 Å². The van der Waals surface area contributed by atoms with Crippen LogP contribution in [-0.2, 0) is 6.54 Å². The van der Waals surface area contributed by atoms with Crippen molar-refractivity contribution in [3.8, 4) is 5.75 Å². The second-order valence-corrected chi connectivity index (χ2v) is 4.84. The molecule has 1 aromatic carbocycles. The fourth-order valence-electron chi connectivity index (χ4n) is 2.44. The van der Waals surface area contributed by atoms with Crippen molar-refractivity contribution in [1.82, 2.24) is 4.90 Å². The second-order valence-electron chi connectivity index (χ2n) is 4.84. The highest BCUT2D eigenvalue weighted by atomic mass is 16.5. The number of likely N-dealkylation sites (tertiary alicyclic amines) is 1. The molecule has 0 saturated carbocycles. The van der Waals surface area contributed by atoms with Crippen molar-refractivity contribution in [3.05, 3.63) is 29.3 Å². The molecular weight excluding hydrogens is 228 g/mol. The van der Waals surface area contributed by atoms with Gasteiger partial charge in [-0.1, -0.05) is 6.07 Å². The average molecular weight is 250 g/mol. The first-order chi connectivity index (χ1) is 8.74. The Morgan fingerprint density at radius 1 is 1.39 bits per heavy atom. The standard InChI is InChI=1S/C14H22N2O2/c1-18-14-5-4-11(13(15)10-17)8-12(14)9-16-6-2-3-7-16/h4-5,8,13,17H,2-3,6-7,9-10,15H2,1H3/t13-/m1/s1. The molecule has 1 aliphatic heterocycles. The molecule has 18 heavy (non-hydrogen) atoms. The number of methoxy groups -OCH3 is 1. The van der Waals surface area contributed by atoms with E-state index in [9.17, 15) is 0 Å². The molecule has 0 aliphatic carbocycles. The lowest BCUT2D eigenvalue weighted by atomic mass is 10.0. The third-order valence-electron chi connectivity index (χ3n) is 3.52. The Morgan fingerprint density at radius 3 is 2.72 bits per heavy atom. The third kappa shape index (κ3) is 3.02. The number of benzene rings is 1. The molecule has 0 unspecified atom stereocenters. The average Bonchev–Trinajstić information content (AvgIpc) is 2.90. The molecular formula is C14H22N2O2. The zero-order chi connectivity index (χ0) is 13.0. The van der Waals surface area contributed by atoms with Crippen LogP contribution in [0, 0.1) is 0 Å². The van der Waals surface area contributed by atoms with E-state index in [1.54, 1.807) is 7.11 Å². The Bertz CT molecular complexity index is 389. The van der Waals surface area contributed by atoms with Crippen LogP contribution in [0.2, 0.25) is 0 Å². The number of ether oxygens (including phenoxy) is 1. The quantitative estimate of drug-likeness (QED) is 0.826. The first-order valence-electron chi connectivity index (χ1n) is 6.50. The number of nitrogens with two attached hydrogens (primary N) is 1. The number of nitrogens with zero attached hydrogens (tertiary/aromatic N) is 1. The summed E-state index contributed by atoms with van der Waals surface area (Å²) in [5.41, 5.74) is 7.98. The number of hydrogen-bond donors (Lipinski definition) is 2.